The lowest BCUT2D eigenvalue weighted by Gasteiger charge is -2.38. The number of benzene rings is 1. The summed E-state index contributed by atoms with van der Waals surface area (Å²) in [4.78, 5) is 57.9. The van der Waals surface area contributed by atoms with Gasteiger partial charge in [-0.2, -0.15) is 0 Å². The van der Waals surface area contributed by atoms with Gasteiger partial charge < -0.3 is 29.0 Å². The van der Waals surface area contributed by atoms with Crippen molar-refractivity contribution >= 4 is 40.0 Å². The highest BCUT2D eigenvalue weighted by molar-refractivity contribution is 7.10. The van der Waals surface area contributed by atoms with Gasteiger partial charge in [0.15, 0.2) is 0 Å². The van der Waals surface area contributed by atoms with E-state index in [0.717, 1.165) is 70.9 Å². The molecule has 8 rings (SSSR count). The van der Waals surface area contributed by atoms with Crippen LogP contribution in [0.15, 0.2) is 41.9 Å². The fraction of sp³-hybridized carbons (Fsp3) is 0.604. The summed E-state index contributed by atoms with van der Waals surface area (Å²) in [6.45, 7) is 20.0. The number of rotatable bonds is 10. The quantitative estimate of drug-likeness (QED) is 0.175. The number of hydrogen-bond donors (Lipinski definition) is 2. The van der Waals surface area contributed by atoms with E-state index in [4.69, 9.17) is 24.2 Å². The number of hydrogen-bond acceptors (Lipinski definition) is 12. The molecule has 2 saturated heterocycles. The number of esters is 1. The summed E-state index contributed by atoms with van der Waals surface area (Å²) in [5.74, 6) is -0.749. The van der Waals surface area contributed by atoms with Gasteiger partial charge in [0.1, 0.15) is 23.2 Å². The monoisotopic (exact) mass is 882 g/mol. The number of hydrazine groups is 1. The number of piperazine rings is 1. The van der Waals surface area contributed by atoms with Crippen molar-refractivity contribution in [2.75, 3.05) is 60.1 Å². The minimum Gasteiger partial charge on any atom is -0.464 e. The molecule has 14 nitrogen and oxygen atoms in total. The van der Waals surface area contributed by atoms with E-state index in [0.29, 0.717) is 44.0 Å². The van der Waals surface area contributed by atoms with E-state index in [9.17, 15) is 14.4 Å². The molecule has 6 bridgehead atoms. The highest BCUT2D eigenvalue weighted by Gasteiger charge is 2.50. The van der Waals surface area contributed by atoms with Gasteiger partial charge in [-0.3, -0.25) is 29.3 Å². The summed E-state index contributed by atoms with van der Waals surface area (Å²) in [5.41, 5.74) is 9.54. The van der Waals surface area contributed by atoms with E-state index in [1.807, 2.05) is 24.6 Å². The molecule has 63 heavy (non-hydrogen) atoms. The first kappa shape index (κ1) is 45.3. The Bertz CT molecular complexity index is 2290. The third-order valence-electron chi connectivity index (χ3n) is 14.0. The second kappa shape index (κ2) is 18.7. The number of methoxy groups -OCH3 is 1. The van der Waals surface area contributed by atoms with Gasteiger partial charge in [-0.25, -0.2) is 10.4 Å². The summed E-state index contributed by atoms with van der Waals surface area (Å²) >= 11 is 1.44. The van der Waals surface area contributed by atoms with Crippen molar-refractivity contribution in [2.24, 2.45) is 23.2 Å². The molecule has 8 atom stereocenters. The van der Waals surface area contributed by atoms with E-state index in [1.165, 1.54) is 16.3 Å². The van der Waals surface area contributed by atoms with Crippen LogP contribution in [0, 0.1) is 23.2 Å². The lowest BCUT2D eigenvalue weighted by Crippen LogP contribution is -2.61. The Kier molecular flexibility index (Phi) is 13.4. The van der Waals surface area contributed by atoms with E-state index in [2.05, 4.69) is 98.0 Å². The van der Waals surface area contributed by atoms with Crippen LogP contribution < -0.4 is 10.7 Å². The van der Waals surface area contributed by atoms with Crippen LogP contribution in [0.5, 0.6) is 0 Å². The highest BCUT2D eigenvalue weighted by atomic mass is 32.1. The van der Waals surface area contributed by atoms with Crippen LogP contribution in [0.25, 0.3) is 33.4 Å². The first-order valence-corrected chi connectivity index (χ1v) is 23.7. The number of likely N-dealkylation sites (N-methyl/N-ethyl adjacent to an activating group) is 1. The number of cyclic esters (lactones) is 1. The van der Waals surface area contributed by atoms with Gasteiger partial charge in [0.2, 0.25) is 5.91 Å². The van der Waals surface area contributed by atoms with Gasteiger partial charge in [0.25, 0.3) is 5.91 Å². The molecule has 340 valence electrons. The average Bonchev–Trinajstić information content (AvgIpc) is 3.56. The smallest absolute Gasteiger partial charge is 0.324 e. The molecule has 6 heterocycles. The highest BCUT2D eigenvalue weighted by Crippen LogP contribution is 2.46. The molecule has 3 aromatic heterocycles. The standard InChI is InChI=1S/C48H66N8O6S/c1-10-55-38-16-15-32-23-34(38)35(42(55)33-13-11-17-49-40(33)31(5)60-9)24-48(6,7)27-62-47(59)36-14-12-18-56(52-36)46(58)41(51-44(57)39-29(3)30(39)4)43(45-50-37(32)26-63-45)61-25-28(2)54-21-19-53(8)20-22-54/h11,13,15-17,23,26,28-31,36,39,41,43,52H,10,12,14,18-22,24-25,27H2,1-9H3,(H,51,57)/t28-,29-,30+,31-,36-,39?,41-,43-/m0/s1. The Morgan fingerprint density at radius 3 is 2.57 bits per heavy atom. The number of amides is 2. The Labute approximate surface area is 376 Å². The molecule has 2 N–H and O–H groups in total. The zero-order valence-corrected chi connectivity index (χ0v) is 39.3. The van der Waals surface area contributed by atoms with Crippen LogP contribution in [0.4, 0.5) is 0 Å². The van der Waals surface area contributed by atoms with Crippen LogP contribution in [0.1, 0.15) is 89.8 Å². The number of nitrogens with zero attached hydrogens (tertiary/aromatic N) is 6. The number of carbonyl (C=O) groups excluding carboxylic acids is 3. The molecule has 3 fully saturated rings. The van der Waals surface area contributed by atoms with Gasteiger partial charge in [-0.05, 0) is 88.7 Å². The second-order valence-corrected chi connectivity index (χ2v) is 20.0. The molecule has 0 radical (unpaired) electrons. The Hall–Kier alpha value is -4.25. The minimum atomic E-state index is -1.10. The molecule has 1 unspecified atom stereocenters. The summed E-state index contributed by atoms with van der Waals surface area (Å²) in [6, 6.07) is 8.79. The summed E-state index contributed by atoms with van der Waals surface area (Å²) in [5, 5.41) is 8.38. The number of nitrogens with one attached hydrogen (secondary N) is 2. The van der Waals surface area contributed by atoms with Crippen molar-refractivity contribution in [3.8, 4) is 22.5 Å². The van der Waals surface area contributed by atoms with E-state index in [-0.39, 0.29) is 48.3 Å². The average molecular weight is 883 g/mol. The van der Waals surface area contributed by atoms with Crippen LogP contribution >= 0.6 is 11.3 Å². The third-order valence-corrected chi connectivity index (χ3v) is 15.0. The molecule has 1 saturated carbocycles. The van der Waals surface area contributed by atoms with E-state index < -0.39 is 29.6 Å². The summed E-state index contributed by atoms with van der Waals surface area (Å²) in [6.07, 6.45) is 2.36. The molecule has 2 amide bonds. The van der Waals surface area contributed by atoms with Gasteiger partial charge >= 0.3 is 5.97 Å². The zero-order valence-electron chi connectivity index (χ0n) is 38.5. The number of ether oxygens (including phenoxy) is 3. The Morgan fingerprint density at radius 2 is 1.86 bits per heavy atom. The maximum absolute atomic E-state index is 15.0. The second-order valence-electron chi connectivity index (χ2n) is 19.1. The molecule has 1 aromatic carbocycles. The number of thiazole rings is 1. The van der Waals surface area contributed by atoms with Crippen molar-refractivity contribution in [2.45, 2.75) is 105 Å². The predicted molar refractivity (Wildman–Crippen MR) is 245 cm³/mol. The lowest BCUT2D eigenvalue weighted by atomic mass is 9.84. The van der Waals surface area contributed by atoms with E-state index >= 15 is 0 Å². The minimum absolute atomic E-state index is 0.0578. The van der Waals surface area contributed by atoms with Gasteiger partial charge in [-0.1, -0.05) is 33.8 Å². The van der Waals surface area contributed by atoms with Crippen LogP contribution in [-0.4, -0.2) is 125 Å². The van der Waals surface area contributed by atoms with Crippen molar-refractivity contribution < 1.29 is 28.6 Å². The lowest BCUT2D eigenvalue weighted by molar-refractivity contribution is -0.157. The summed E-state index contributed by atoms with van der Waals surface area (Å²) < 4.78 is 21.3. The van der Waals surface area contributed by atoms with Gasteiger partial charge in [0.05, 0.1) is 36.4 Å². The summed E-state index contributed by atoms with van der Waals surface area (Å²) in [7, 11) is 3.84. The number of aryl methyl sites for hydroxylation is 1. The number of carbonyl (C=O) groups is 3. The molecule has 0 spiro atoms. The molecule has 4 aliphatic rings. The maximum atomic E-state index is 15.0. The first-order chi connectivity index (χ1) is 30.2. The van der Waals surface area contributed by atoms with Crippen molar-refractivity contribution in [1.82, 2.24) is 40.1 Å². The van der Waals surface area contributed by atoms with Crippen molar-refractivity contribution in [1.29, 1.82) is 0 Å². The normalized spacial score (nSPS) is 26.8. The van der Waals surface area contributed by atoms with Crippen molar-refractivity contribution in [3.05, 3.63) is 58.2 Å². The first-order valence-electron chi connectivity index (χ1n) is 22.9. The zero-order chi connectivity index (χ0) is 44.7. The topological polar surface area (TPSA) is 143 Å². The van der Waals surface area contributed by atoms with E-state index in [1.54, 1.807) is 7.11 Å². The van der Waals surface area contributed by atoms with Crippen LogP contribution in [0.3, 0.4) is 0 Å². The molecular weight excluding hydrogens is 817 g/mol. The third kappa shape index (κ3) is 9.32. The molecule has 15 heteroatoms. The molecule has 1 aliphatic carbocycles. The number of pyridine rings is 1. The predicted octanol–water partition coefficient (Wildman–Crippen LogP) is 6.26. The van der Waals surface area contributed by atoms with Crippen LogP contribution in [0.2, 0.25) is 0 Å². The maximum Gasteiger partial charge on any atom is 0.324 e. The molecular formula is C48H66N8O6S. The molecule has 4 aromatic rings. The number of fused-ring (bicyclic) bond motifs is 6. The molecule has 3 aliphatic heterocycles. The van der Waals surface area contributed by atoms with Crippen molar-refractivity contribution in [3.63, 3.8) is 0 Å². The van der Waals surface area contributed by atoms with Gasteiger partial charge in [0, 0.05) is 97.4 Å². The fourth-order valence-electron chi connectivity index (χ4n) is 9.76. The largest absolute Gasteiger partial charge is 0.464 e. The van der Waals surface area contributed by atoms with Gasteiger partial charge in [-0.15, -0.1) is 11.3 Å². The SMILES string of the molecule is CCn1c(-c2cccnc2[C@H](C)OC)c2c3cc(ccc31)-c1csc(n1)[C@@H](OC[C@H](C)N1CCN(C)CC1)[C@H](NC(=O)C1[C@@H](C)[C@H]1C)C(=O)N1CCC[C@H](N1)C(=O)OCC(C)(C)C2. The Balaban J connectivity index is 1.26. The fourth-order valence-corrected chi connectivity index (χ4v) is 10.7. The van der Waals surface area contributed by atoms with Crippen LogP contribution in [-0.2, 0) is 41.6 Å². The Morgan fingerprint density at radius 1 is 1.10 bits per heavy atom. The number of aromatic nitrogens is 3.